The van der Waals surface area contributed by atoms with Crippen molar-refractivity contribution in [2.75, 3.05) is 5.73 Å². The van der Waals surface area contributed by atoms with Crippen LogP contribution in [0.5, 0.6) is 0 Å². The molecule has 1 atom stereocenters. The van der Waals surface area contributed by atoms with Gasteiger partial charge in [-0.25, -0.2) is 4.98 Å². The molecule has 0 spiro atoms. The van der Waals surface area contributed by atoms with Gasteiger partial charge >= 0.3 is 0 Å². The highest BCUT2D eigenvalue weighted by molar-refractivity contribution is 6.13. The van der Waals surface area contributed by atoms with Crippen molar-refractivity contribution in [2.45, 2.75) is 6.04 Å². The molecule has 2 bridgehead atoms. The van der Waals surface area contributed by atoms with E-state index in [1.165, 1.54) is 0 Å². The third-order valence-corrected chi connectivity index (χ3v) is 3.52. The Balaban J connectivity index is 1.88. The van der Waals surface area contributed by atoms with Gasteiger partial charge in [0.05, 0.1) is 12.2 Å². The standard InChI is InChI=1S/C16H13N5/c17-15-5-6-18-16-14(10-20-21(15)16)12-7-11-3-1-2-4-13(8-11)19-9-12/h1-10,13H,17H2. The molecule has 21 heavy (non-hydrogen) atoms. The number of hydrogen-bond donors (Lipinski definition) is 1. The maximum atomic E-state index is 5.91. The predicted octanol–water partition coefficient (Wildman–Crippen LogP) is 2.20. The molecular formula is C16H13N5. The van der Waals surface area contributed by atoms with Crippen molar-refractivity contribution in [3.8, 4) is 0 Å². The smallest absolute Gasteiger partial charge is 0.165 e. The molecule has 3 heterocycles. The molecule has 0 aromatic carbocycles. The SMILES string of the molecule is Nc1ccnc2c(C3=CC4=CC(C=CC=C4)N=C3)cnn12. The topological polar surface area (TPSA) is 68.6 Å². The number of anilines is 1. The van der Waals surface area contributed by atoms with Crippen LogP contribution in [0.3, 0.4) is 0 Å². The molecule has 2 aromatic rings. The first-order chi connectivity index (χ1) is 10.3. The molecule has 1 aliphatic heterocycles. The Kier molecular flexibility index (Phi) is 2.57. The van der Waals surface area contributed by atoms with Crippen LogP contribution in [0.4, 0.5) is 5.82 Å². The minimum Gasteiger partial charge on any atom is -0.384 e. The van der Waals surface area contributed by atoms with E-state index in [2.05, 4.69) is 39.4 Å². The van der Waals surface area contributed by atoms with E-state index in [-0.39, 0.29) is 6.04 Å². The average Bonchev–Trinajstić information content (AvgIpc) is 2.68. The number of nitrogen functional groups attached to an aromatic ring is 1. The van der Waals surface area contributed by atoms with E-state index in [0.717, 1.165) is 22.4 Å². The molecule has 1 aliphatic carbocycles. The molecule has 2 aliphatic rings. The summed E-state index contributed by atoms with van der Waals surface area (Å²) in [6.45, 7) is 0. The number of hydrogen-bond acceptors (Lipinski definition) is 4. The van der Waals surface area contributed by atoms with E-state index in [9.17, 15) is 0 Å². The molecule has 5 heteroatoms. The van der Waals surface area contributed by atoms with Gasteiger partial charge < -0.3 is 5.73 Å². The Morgan fingerprint density at radius 1 is 1.24 bits per heavy atom. The Morgan fingerprint density at radius 3 is 3.14 bits per heavy atom. The molecule has 0 radical (unpaired) electrons. The van der Waals surface area contributed by atoms with Crippen molar-refractivity contribution < 1.29 is 0 Å². The summed E-state index contributed by atoms with van der Waals surface area (Å²) >= 11 is 0. The molecule has 0 fully saturated rings. The predicted molar refractivity (Wildman–Crippen MR) is 84.0 cm³/mol. The van der Waals surface area contributed by atoms with Crippen molar-refractivity contribution in [1.29, 1.82) is 0 Å². The second-order valence-electron chi connectivity index (χ2n) is 4.94. The van der Waals surface area contributed by atoms with Crippen molar-refractivity contribution >= 4 is 23.3 Å². The largest absolute Gasteiger partial charge is 0.384 e. The highest BCUT2D eigenvalue weighted by Crippen LogP contribution is 2.24. The molecule has 1 unspecified atom stereocenters. The first kappa shape index (κ1) is 11.8. The maximum absolute atomic E-state index is 5.91. The number of rotatable bonds is 1. The van der Waals surface area contributed by atoms with Gasteiger partial charge in [-0.2, -0.15) is 9.61 Å². The Bertz CT molecular complexity index is 864. The molecule has 102 valence electrons. The second-order valence-corrected chi connectivity index (χ2v) is 4.94. The number of nitrogens with zero attached hydrogens (tertiary/aromatic N) is 4. The zero-order chi connectivity index (χ0) is 14.2. The van der Waals surface area contributed by atoms with Crippen LogP contribution < -0.4 is 5.73 Å². The summed E-state index contributed by atoms with van der Waals surface area (Å²) in [4.78, 5) is 8.96. The number of fused-ring (bicyclic) bond motifs is 2. The average molecular weight is 275 g/mol. The molecule has 4 rings (SSSR count). The van der Waals surface area contributed by atoms with Gasteiger partial charge in [-0.15, -0.1) is 0 Å². The molecule has 0 saturated carbocycles. The number of aliphatic imine (C=N–C) groups is 1. The molecule has 2 aromatic heterocycles. The Labute approximate surface area is 121 Å². The highest BCUT2D eigenvalue weighted by Gasteiger charge is 2.13. The van der Waals surface area contributed by atoms with Crippen LogP contribution in [0.1, 0.15) is 5.56 Å². The van der Waals surface area contributed by atoms with E-state index in [1.54, 1.807) is 23.0 Å². The quantitative estimate of drug-likeness (QED) is 0.867. The fourth-order valence-corrected chi connectivity index (χ4v) is 2.49. The number of aromatic nitrogens is 3. The fourth-order valence-electron chi connectivity index (χ4n) is 2.49. The van der Waals surface area contributed by atoms with Gasteiger partial charge in [0.2, 0.25) is 0 Å². The van der Waals surface area contributed by atoms with E-state index in [1.807, 2.05) is 18.4 Å². The van der Waals surface area contributed by atoms with E-state index >= 15 is 0 Å². The third-order valence-electron chi connectivity index (χ3n) is 3.52. The van der Waals surface area contributed by atoms with Gasteiger partial charge in [0, 0.05) is 23.5 Å². The van der Waals surface area contributed by atoms with Crippen LogP contribution in [-0.2, 0) is 0 Å². The first-order valence-electron chi connectivity index (χ1n) is 6.71. The van der Waals surface area contributed by atoms with Crippen LogP contribution in [0.2, 0.25) is 0 Å². The lowest BCUT2D eigenvalue weighted by molar-refractivity contribution is 0.952. The first-order valence-corrected chi connectivity index (χ1v) is 6.71. The lowest BCUT2D eigenvalue weighted by Gasteiger charge is -2.01. The summed E-state index contributed by atoms with van der Waals surface area (Å²) < 4.78 is 1.64. The maximum Gasteiger partial charge on any atom is 0.165 e. The fraction of sp³-hybridized carbons (Fsp3) is 0.0625. The lowest BCUT2D eigenvalue weighted by Crippen LogP contribution is -1.99. The summed E-state index contributed by atoms with van der Waals surface area (Å²) in [5.41, 5.74) is 9.69. The third kappa shape index (κ3) is 1.99. The lowest BCUT2D eigenvalue weighted by atomic mass is 10.1. The normalized spacial score (nSPS) is 20.1. The van der Waals surface area contributed by atoms with Crippen LogP contribution in [0.25, 0.3) is 11.2 Å². The van der Waals surface area contributed by atoms with E-state index in [0.29, 0.717) is 5.82 Å². The minimum atomic E-state index is 0.0728. The Hall–Kier alpha value is -2.95. The summed E-state index contributed by atoms with van der Waals surface area (Å²) in [5, 5.41) is 4.30. The summed E-state index contributed by atoms with van der Waals surface area (Å²) in [7, 11) is 0. The second kappa shape index (κ2) is 4.56. The summed E-state index contributed by atoms with van der Waals surface area (Å²) in [6.07, 6.45) is 17.7. The van der Waals surface area contributed by atoms with Crippen molar-refractivity contribution in [1.82, 2.24) is 14.6 Å². The van der Waals surface area contributed by atoms with Gasteiger partial charge in [-0.3, -0.25) is 4.99 Å². The summed E-state index contributed by atoms with van der Waals surface area (Å²) in [6, 6.07) is 1.80. The molecule has 0 amide bonds. The van der Waals surface area contributed by atoms with Crippen LogP contribution in [-0.4, -0.2) is 26.9 Å². The monoisotopic (exact) mass is 275 g/mol. The van der Waals surface area contributed by atoms with Gasteiger partial charge in [-0.05, 0) is 23.8 Å². The van der Waals surface area contributed by atoms with Crippen LogP contribution in [0.15, 0.2) is 65.5 Å². The van der Waals surface area contributed by atoms with E-state index in [4.69, 9.17) is 5.73 Å². The highest BCUT2D eigenvalue weighted by atomic mass is 15.3. The molecule has 2 N–H and O–H groups in total. The molecular weight excluding hydrogens is 262 g/mol. The molecule has 5 nitrogen and oxygen atoms in total. The minimum absolute atomic E-state index is 0.0728. The van der Waals surface area contributed by atoms with Crippen LogP contribution in [0, 0.1) is 0 Å². The van der Waals surface area contributed by atoms with Gasteiger partial charge in [-0.1, -0.05) is 24.3 Å². The molecule has 0 saturated heterocycles. The van der Waals surface area contributed by atoms with E-state index < -0.39 is 0 Å². The summed E-state index contributed by atoms with van der Waals surface area (Å²) in [5.74, 6) is 0.565. The van der Waals surface area contributed by atoms with Crippen molar-refractivity contribution in [2.24, 2.45) is 4.99 Å². The van der Waals surface area contributed by atoms with Gasteiger partial charge in [0.25, 0.3) is 0 Å². The van der Waals surface area contributed by atoms with Crippen molar-refractivity contribution in [3.05, 3.63) is 66.1 Å². The Morgan fingerprint density at radius 2 is 2.19 bits per heavy atom. The van der Waals surface area contributed by atoms with Crippen LogP contribution >= 0.6 is 0 Å². The van der Waals surface area contributed by atoms with Crippen molar-refractivity contribution in [3.63, 3.8) is 0 Å². The number of allylic oxidation sites excluding steroid dienone is 6. The number of nitrogens with two attached hydrogens (primary N) is 1. The zero-order valence-corrected chi connectivity index (χ0v) is 11.2. The zero-order valence-electron chi connectivity index (χ0n) is 11.2. The van der Waals surface area contributed by atoms with Gasteiger partial charge in [0.15, 0.2) is 5.65 Å². The van der Waals surface area contributed by atoms with Gasteiger partial charge in [0.1, 0.15) is 5.82 Å².